The predicted octanol–water partition coefficient (Wildman–Crippen LogP) is 2.13. The van der Waals surface area contributed by atoms with Gasteiger partial charge in [-0.3, -0.25) is 4.21 Å². The van der Waals surface area contributed by atoms with Crippen LogP contribution in [0.4, 0.5) is 0 Å². The highest BCUT2D eigenvalue weighted by Gasteiger charge is 2.02. The second kappa shape index (κ2) is 4.42. The standard InChI is InChI=1S/C10H14O2S/c1-4-12-10-6-5-9(13(3)11)7-8(10)2/h5-7H,4H2,1-3H3. The molecule has 0 heterocycles. The van der Waals surface area contributed by atoms with Crippen molar-refractivity contribution >= 4 is 10.8 Å². The van der Waals surface area contributed by atoms with Crippen molar-refractivity contribution in [1.29, 1.82) is 0 Å². The summed E-state index contributed by atoms with van der Waals surface area (Å²) in [4.78, 5) is 0.848. The summed E-state index contributed by atoms with van der Waals surface area (Å²) in [6.07, 6.45) is 1.68. The highest BCUT2D eigenvalue weighted by Crippen LogP contribution is 2.20. The van der Waals surface area contributed by atoms with Crippen molar-refractivity contribution in [1.82, 2.24) is 0 Å². The number of aryl methyl sites for hydroxylation is 1. The molecule has 1 aromatic carbocycles. The number of hydrogen-bond acceptors (Lipinski definition) is 2. The van der Waals surface area contributed by atoms with Gasteiger partial charge in [0, 0.05) is 22.0 Å². The maximum Gasteiger partial charge on any atom is 0.122 e. The van der Waals surface area contributed by atoms with Gasteiger partial charge in [-0.2, -0.15) is 0 Å². The molecule has 0 aromatic heterocycles. The third kappa shape index (κ3) is 2.56. The van der Waals surface area contributed by atoms with Gasteiger partial charge in [-0.25, -0.2) is 0 Å². The van der Waals surface area contributed by atoms with Crippen LogP contribution in [0.2, 0.25) is 0 Å². The van der Waals surface area contributed by atoms with E-state index in [4.69, 9.17) is 4.74 Å². The van der Waals surface area contributed by atoms with Gasteiger partial charge in [-0.1, -0.05) is 0 Å². The fraction of sp³-hybridized carbons (Fsp3) is 0.400. The Morgan fingerprint density at radius 1 is 1.46 bits per heavy atom. The SMILES string of the molecule is CCOc1ccc(S(C)=O)cc1C. The Labute approximate surface area is 81.4 Å². The first-order chi connectivity index (χ1) is 6.15. The van der Waals surface area contributed by atoms with Crippen molar-refractivity contribution in [3.05, 3.63) is 23.8 Å². The molecule has 2 nitrogen and oxygen atoms in total. The van der Waals surface area contributed by atoms with Crippen LogP contribution in [0.25, 0.3) is 0 Å². The highest BCUT2D eigenvalue weighted by atomic mass is 32.2. The molecule has 0 radical (unpaired) electrons. The van der Waals surface area contributed by atoms with Crippen LogP contribution in [0.1, 0.15) is 12.5 Å². The lowest BCUT2D eigenvalue weighted by Gasteiger charge is -2.07. The quantitative estimate of drug-likeness (QED) is 0.743. The maximum absolute atomic E-state index is 11.1. The molecule has 72 valence electrons. The summed E-state index contributed by atoms with van der Waals surface area (Å²) < 4.78 is 16.5. The predicted molar refractivity (Wildman–Crippen MR) is 54.7 cm³/mol. The van der Waals surface area contributed by atoms with E-state index in [2.05, 4.69) is 0 Å². The molecule has 1 atom stereocenters. The Morgan fingerprint density at radius 2 is 2.15 bits per heavy atom. The molecule has 0 saturated heterocycles. The molecule has 13 heavy (non-hydrogen) atoms. The first-order valence-corrected chi connectivity index (χ1v) is 5.78. The minimum Gasteiger partial charge on any atom is -0.494 e. The number of ether oxygens (including phenoxy) is 1. The highest BCUT2D eigenvalue weighted by molar-refractivity contribution is 7.84. The zero-order valence-electron chi connectivity index (χ0n) is 8.16. The topological polar surface area (TPSA) is 26.3 Å². The Hall–Kier alpha value is -0.830. The van der Waals surface area contributed by atoms with Crippen molar-refractivity contribution in [3.63, 3.8) is 0 Å². The van der Waals surface area contributed by atoms with Crippen LogP contribution in [0.3, 0.4) is 0 Å². The second-order valence-electron chi connectivity index (χ2n) is 2.81. The van der Waals surface area contributed by atoms with Crippen molar-refractivity contribution in [2.75, 3.05) is 12.9 Å². The molecule has 0 aliphatic rings. The summed E-state index contributed by atoms with van der Waals surface area (Å²) in [6.45, 7) is 4.57. The number of rotatable bonds is 3. The molecule has 1 aromatic rings. The van der Waals surface area contributed by atoms with E-state index in [0.29, 0.717) is 6.61 Å². The smallest absolute Gasteiger partial charge is 0.122 e. The monoisotopic (exact) mass is 198 g/mol. The summed E-state index contributed by atoms with van der Waals surface area (Å²) in [7, 11) is -0.907. The first-order valence-electron chi connectivity index (χ1n) is 4.22. The summed E-state index contributed by atoms with van der Waals surface area (Å²) in [5, 5.41) is 0. The van der Waals surface area contributed by atoms with E-state index < -0.39 is 10.8 Å². The van der Waals surface area contributed by atoms with E-state index in [9.17, 15) is 4.21 Å². The van der Waals surface area contributed by atoms with Gasteiger partial charge in [0.1, 0.15) is 5.75 Å². The van der Waals surface area contributed by atoms with Crippen LogP contribution in [-0.2, 0) is 10.8 Å². The van der Waals surface area contributed by atoms with Crippen molar-refractivity contribution in [3.8, 4) is 5.75 Å². The van der Waals surface area contributed by atoms with Crippen LogP contribution < -0.4 is 4.74 Å². The Bertz CT molecular complexity index is 321. The zero-order valence-corrected chi connectivity index (χ0v) is 8.98. The molecular weight excluding hydrogens is 184 g/mol. The average molecular weight is 198 g/mol. The molecule has 0 aliphatic heterocycles. The molecular formula is C10H14O2S. The molecule has 0 fully saturated rings. The molecule has 0 bridgehead atoms. The fourth-order valence-electron chi connectivity index (χ4n) is 1.12. The molecule has 1 rings (SSSR count). The van der Waals surface area contributed by atoms with Gasteiger partial charge >= 0.3 is 0 Å². The summed E-state index contributed by atoms with van der Waals surface area (Å²) in [5.74, 6) is 0.872. The Morgan fingerprint density at radius 3 is 2.62 bits per heavy atom. The molecule has 3 heteroatoms. The van der Waals surface area contributed by atoms with E-state index in [1.165, 1.54) is 0 Å². The Kier molecular flexibility index (Phi) is 3.48. The van der Waals surface area contributed by atoms with E-state index in [1.54, 1.807) is 6.26 Å². The van der Waals surface area contributed by atoms with Crippen LogP contribution in [0, 0.1) is 6.92 Å². The van der Waals surface area contributed by atoms with E-state index >= 15 is 0 Å². The van der Waals surface area contributed by atoms with Gasteiger partial charge in [-0.15, -0.1) is 0 Å². The molecule has 0 N–H and O–H groups in total. The second-order valence-corrected chi connectivity index (χ2v) is 4.19. The van der Waals surface area contributed by atoms with Crippen LogP contribution in [0.15, 0.2) is 23.1 Å². The molecule has 0 saturated carbocycles. The molecule has 0 amide bonds. The number of benzene rings is 1. The summed E-state index contributed by atoms with van der Waals surface area (Å²) >= 11 is 0. The van der Waals surface area contributed by atoms with Crippen molar-refractivity contribution < 1.29 is 8.95 Å². The minimum atomic E-state index is -0.907. The zero-order chi connectivity index (χ0) is 9.84. The molecule has 1 unspecified atom stereocenters. The average Bonchev–Trinajstić information content (AvgIpc) is 2.08. The fourth-order valence-corrected chi connectivity index (χ4v) is 1.72. The third-order valence-corrected chi connectivity index (χ3v) is 2.70. The van der Waals surface area contributed by atoms with Crippen molar-refractivity contribution in [2.45, 2.75) is 18.7 Å². The van der Waals surface area contributed by atoms with Gasteiger partial charge in [0.05, 0.1) is 6.61 Å². The Balaban J connectivity index is 2.98. The van der Waals surface area contributed by atoms with Gasteiger partial charge in [-0.05, 0) is 37.6 Å². The van der Waals surface area contributed by atoms with Gasteiger partial charge < -0.3 is 4.74 Å². The lowest BCUT2D eigenvalue weighted by atomic mass is 10.2. The van der Waals surface area contributed by atoms with E-state index in [1.807, 2.05) is 32.0 Å². The van der Waals surface area contributed by atoms with E-state index in [-0.39, 0.29) is 0 Å². The minimum absolute atomic E-state index is 0.662. The number of hydrogen-bond donors (Lipinski definition) is 0. The first kappa shape index (κ1) is 10.3. The molecule has 0 aliphatic carbocycles. The lowest BCUT2D eigenvalue weighted by Crippen LogP contribution is -1.95. The van der Waals surface area contributed by atoms with Crippen LogP contribution in [-0.4, -0.2) is 17.1 Å². The lowest BCUT2D eigenvalue weighted by molar-refractivity contribution is 0.337. The maximum atomic E-state index is 11.1. The van der Waals surface area contributed by atoms with Crippen LogP contribution >= 0.6 is 0 Å². The van der Waals surface area contributed by atoms with E-state index in [0.717, 1.165) is 16.2 Å². The normalized spacial score (nSPS) is 12.5. The van der Waals surface area contributed by atoms with Crippen molar-refractivity contribution in [2.24, 2.45) is 0 Å². The summed E-state index contributed by atoms with van der Waals surface area (Å²) in [5.41, 5.74) is 1.04. The van der Waals surface area contributed by atoms with Crippen LogP contribution in [0.5, 0.6) is 5.75 Å². The molecule has 0 spiro atoms. The largest absolute Gasteiger partial charge is 0.494 e. The summed E-state index contributed by atoms with van der Waals surface area (Å²) in [6, 6.07) is 5.62. The van der Waals surface area contributed by atoms with Gasteiger partial charge in [0.2, 0.25) is 0 Å². The van der Waals surface area contributed by atoms with Gasteiger partial charge in [0.15, 0.2) is 0 Å². The third-order valence-electron chi connectivity index (χ3n) is 1.78. The van der Waals surface area contributed by atoms with Gasteiger partial charge in [0.25, 0.3) is 0 Å².